The van der Waals surface area contributed by atoms with Gasteiger partial charge in [0.15, 0.2) is 0 Å². The summed E-state index contributed by atoms with van der Waals surface area (Å²) in [5.74, 6) is 2.97. The van der Waals surface area contributed by atoms with Gasteiger partial charge in [-0.3, -0.25) is 0 Å². The molecule has 0 bridgehead atoms. The van der Waals surface area contributed by atoms with Crippen molar-refractivity contribution in [2.45, 2.75) is 32.5 Å². The van der Waals surface area contributed by atoms with Crippen LogP contribution in [-0.2, 0) is 11.3 Å². The number of hydrogen-bond donors (Lipinski definition) is 0. The Labute approximate surface area is 91.5 Å². The maximum absolute atomic E-state index is 5.94. The van der Waals surface area contributed by atoms with Crippen molar-refractivity contribution >= 4 is 0 Å². The molecule has 1 nitrogen and oxygen atoms in total. The fourth-order valence-electron chi connectivity index (χ4n) is 3.04. The minimum Gasteiger partial charge on any atom is -0.374 e. The van der Waals surface area contributed by atoms with Gasteiger partial charge in [0, 0.05) is 0 Å². The molecule has 3 rings (SSSR count). The van der Waals surface area contributed by atoms with E-state index in [1.165, 1.54) is 18.4 Å². The van der Waals surface area contributed by atoms with Crippen molar-refractivity contribution in [3.63, 3.8) is 0 Å². The van der Waals surface area contributed by atoms with E-state index in [4.69, 9.17) is 4.74 Å². The third-order valence-corrected chi connectivity index (χ3v) is 4.16. The van der Waals surface area contributed by atoms with E-state index in [1.807, 2.05) is 0 Å². The van der Waals surface area contributed by atoms with E-state index in [0.717, 1.165) is 24.4 Å². The average Bonchev–Trinajstić information content (AvgIpc) is 2.74. The van der Waals surface area contributed by atoms with Crippen LogP contribution < -0.4 is 0 Å². The zero-order chi connectivity index (χ0) is 10.3. The topological polar surface area (TPSA) is 9.23 Å². The summed E-state index contributed by atoms with van der Waals surface area (Å²) in [5.41, 5.74) is 1.30. The van der Waals surface area contributed by atoms with E-state index in [-0.39, 0.29) is 0 Å². The smallest absolute Gasteiger partial charge is 0.0720 e. The molecule has 0 heterocycles. The SMILES string of the molecule is CC1C2CC(OCc3ccccc3)CC12. The highest BCUT2D eigenvalue weighted by Gasteiger charge is 2.53. The molecule has 2 saturated carbocycles. The zero-order valence-electron chi connectivity index (χ0n) is 9.23. The van der Waals surface area contributed by atoms with Crippen LogP contribution in [0.3, 0.4) is 0 Å². The van der Waals surface area contributed by atoms with Crippen molar-refractivity contribution < 1.29 is 4.74 Å². The summed E-state index contributed by atoms with van der Waals surface area (Å²) in [5, 5.41) is 0. The Morgan fingerprint density at radius 3 is 2.47 bits per heavy atom. The molecular formula is C14H18O. The molecule has 1 aromatic carbocycles. The predicted molar refractivity (Wildman–Crippen MR) is 60.4 cm³/mol. The second kappa shape index (κ2) is 3.64. The second-order valence-corrected chi connectivity index (χ2v) is 5.08. The molecule has 1 heteroatoms. The maximum atomic E-state index is 5.94. The maximum Gasteiger partial charge on any atom is 0.0720 e. The Bertz CT molecular complexity index is 320. The summed E-state index contributed by atoms with van der Waals surface area (Å²) in [6.45, 7) is 3.17. The normalized spacial score (nSPS) is 37.7. The first-order valence-electron chi connectivity index (χ1n) is 6.00. The molecule has 2 atom stereocenters. The highest BCUT2D eigenvalue weighted by molar-refractivity contribution is 5.13. The first-order chi connectivity index (χ1) is 7.34. The fourth-order valence-corrected chi connectivity index (χ4v) is 3.04. The summed E-state index contributed by atoms with van der Waals surface area (Å²) in [4.78, 5) is 0. The standard InChI is InChI=1S/C14H18O/c1-10-13-7-12(8-14(10)13)15-9-11-5-3-2-4-6-11/h2-6,10,12-14H,7-9H2,1H3. The van der Waals surface area contributed by atoms with Gasteiger partial charge in [-0.2, -0.15) is 0 Å². The summed E-state index contributed by atoms with van der Waals surface area (Å²) in [6.07, 6.45) is 3.15. The monoisotopic (exact) mass is 202 g/mol. The Kier molecular flexibility index (Phi) is 2.28. The first kappa shape index (κ1) is 9.41. The van der Waals surface area contributed by atoms with Crippen LogP contribution in [0.25, 0.3) is 0 Å². The molecule has 0 aromatic heterocycles. The van der Waals surface area contributed by atoms with Crippen molar-refractivity contribution in [2.24, 2.45) is 17.8 Å². The number of fused-ring (bicyclic) bond motifs is 1. The summed E-state index contributed by atoms with van der Waals surface area (Å²) < 4.78 is 5.94. The number of benzene rings is 1. The first-order valence-corrected chi connectivity index (χ1v) is 6.00. The molecule has 2 aliphatic carbocycles. The Morgan fingerprint density at radius 1 is 1.13 bits per heavy atom. The van der Waals surface area contributed by atoms with Gasteiger partial charge in [-0.05, 0) is 36.2 Å². The molecule has 0 amide bonds. The van der Waals surface area contributed by atoms with Gasteiger partial charge in [0.25, 0.3) is 0 Å². The molecule has 2 aliphatic rings. The van der Waals surface area contributed by atoms with Crippen LogP contribution in [-0.4, -0.2) is 6.10 Å². The van der Waals surface area contributed by atoms with E-state index in [1.54, 1.807) is 0 Å². The lowest BCUT2D eigenvalue weighted by Gasteiger charge is -2.14. The van der Waals surface area contributed by atoms with E-state index >= 15 is 0 Å². The molecule has 2 fully saturated rings. The fraction of sp³-hybridized carbons (Fsp3) is 0.571. The van der Waals surface area contributed by atoms with Gasteiger partial charge in [0.2, 0.25) is 0 Å². The van der Waals surface area contributed by atoms with Gasteiger partial charge >= 0.3 is 0 Å². The van der Waals surface area contributed by atoms with Gasteiger partial charge in [-0.15, -0.1) is 0 Å². The number of ether oxygens (including phenoxy) is 1. The third kappa shape index (κ3) is 1.81. The molecule has 1 aromatic rings. The molecule has 0 radical (unpaired) electrons. The van der Waals surface area contributed by atoms with Crippen molar-refractivity contribution in [1.29, 1.82) is 0 Å². The van der Waals surface area contributed by atoms with Crippen LogP contribution in [0.15, 0.2) is 30.3 Å². The Morgan fingerprint density at radius 2 is 1.80 bits per heavy atom. The van der Waals surface area contributed by atoms with Crippen LogP contribution in [0.5, 0.6) is 0 Å². The molecule has 2 unspecified atom stereocenters. The van der Waals surface area contributed by atoms with Gasteiger partial charge in [-0.1, -0.05) is 37.3 Å². The third-order valence-electron chi connectivity index (χ3n) is 4.16. The molecule has 0 N–H and O–H groups in total. The van der Waals surface area contributed by atoms with Crippen molar-refractivity contribution in [1.82, 2.24) is 0 Å². The van der Waals surface area contributed by atoms with Crippen LogP contribution in [0.1, 0.15) is 25.3 Å². The van der Waals surface area contributed by atoms with Crippen molar-refractivity contribution in [2.75, 3.05) is 0 Å². The molecule has 15 heavy (non-hydrogen) atoms. The number of hydrogen-bond acceptors (Lipinski definition) is 1. The zero-order valence-corrected chi connectivity index (χ0v) is 9.23. The molecule has 80 valence electrons. The average molecular weight is 202 g/mol. The van der Waals surface area contributed by atoms with E-state index in [0.29, 0.717) is 6.10 Å². The lowest BCUT2D eigenvalue weighted by atomic mass is 10.1. The Hall–Kier alpha value is -0.820. The van der Waals surface area contributed by atoms with Crippen LogP contribution in [0, 0.1) is 17.8 Å². The molecular weight excluding hydrogens is 184 g/mol. The minimum atomic E-state index is 0.538. The second-order valence-electron chi connectivity index (χ2n) is 5.08. The predicted octanol–water partition coefficient (Wildman–Crippen LogP) is 3.25. The van der Waals surface area contributed by atoms with Crippen LogP contribution in [0.4, 0.5) is 0 Å². The lowest BCUT2D eigenvalue weighted by Crippen LogP contribution is -2.11. The van der Waals surface area contributed by atoms with Crippen molar-refractivity contribution in [3.8, 4) is 0 Å². The van der Waals surface area contributed by atoms with E-state index in [9.17, 15) is 0 Å². The largest absolute Gasteiger partial charge is 0.374 e. The number of rotatable bonds is 3. The highest BCUT2D eigenvalue weighted by Crippen LogP contribution is 2.57. The Balaban J connectivity index is 1.48. The molecule has 0 aliphatic heterocycles. The van der Waals surface area contributed by atoms with Gasteiger partial charge in [-0.25, -0.2) is 0 Å². The van der Waals surface area contributed by atoms with E-state index in [2.05, 4.69) is 37.3 Å². The van der Waals surface area contributed by atoms with Gasteiger partial charge in [0.05, 0.1) is 12.7 Å². The van der Waals surface area contributed by atoms with Crippen LogP contribution >= 0.6 is 0 Å². The summed E-state index contributed by atoms with van der Waals surface area (Å²) in [6, 6.07) is 10.5. The van der Waals surface area contributed by atoms with Crippen LogP contribution in [0.2, 0.25) is 0 Å². The van der Waals surface area contributed by atoms with Gasteiger partial charge in [0.1, 0.15) is 0 Å². The van der Waals surface area contributed by atoms with Gasteiger partial charge < -0.3 is 4.74 Å². The van der Waals surface area contributed by atoms with E-state index < -0.39 is 0 Å². The molecule has 0 saturated heterocycles. The minimum absolute atomic E-state index is 0.538. The summed E-state index contributed by atoms with van der Waals surface area (Å²) >= 11 is 0. The molecule has 0 spiro atoms. The highest BCUT2D eigenvalue weighted by atomic mass is 16.5. The summed E-state index contributed by atoms with van der Waals surface area (Å²) in [7, 11) is 0. The lowest BCUT2D eigenvalue weighted by molar-refractivity contribution is 0.0347. The quantitative estimate of drug-likeness (QED) is 0.731. The van der Waals surface area contributed by atoms with Crippen molar-refractivity contribution in [3.05, 3.63) is 35.9 Å².